The molecule has 0 saturated carbocycles. The Morgan fingerprint density at radius 2 is 2.20 bits per heavy atom. The van der Waals surface area contributed by atoms with Gasteiger partial charge in [-0.2, -0.15) is 4.98 Å². The summed E-state index contributed by atoms with van der Waals surface area (Å²) in [6.07, 6.45) is 1.85. The first-order chi connectivity index (χ1) is 9.52. The summed E-state index contributed by atoms with van der Waals surface area (Å²) in [4.78, 5) is 18.0. The van der Waals surface area contributed by atoms with E-state index in [4.69, 9.17) is 22.1 Å². The number of hydrogen-bond donors (Lipinski definition) is 1. The van der Waals surface area contributed by atoms with E-state index in [-0.39, 0.29) is 28.2 Å². The van der Waals surface area contributed by atoms with Crippen LogP contribution in [-0.2, 0) is 6.42 Å². The van der Waals surface area contributed by atoms with E-state index in [0.717, 1.165) is 5.56 Å². The zero-order valence-corrected chi connectivity index (χ0v) is 11.3. The Morgan fingerprint density at radius 3 is 2.85 bits per heavy atom. The number of anilines is 1. The lowest BCUT2D eigenvalue weighted by Gasteiger charge is -2.08. The Hall–Kier alpha value is -2.41. The highest BCUT2D eigenvalue weighted by Crippen LogP contribution is 2.34. The second kappa shape index (κ2) is 5.70. The van der Waals surface area contributed by atoms with E-state index in [2.05, 4.69) is 9.97 Å². The zero-order valence-electron chi connectivity index (χ0n) is 10.5. The molecule has 0 bridgehead atoms. The summed E-state index contributed by atoms with van der Waals surface area (Å²) in [7, 11) is 0. The van der Waals surface area contributed by atoms with Crippen LogP contribution in [0, 0.1) is 10.1 Å². The highest BCUT2D eigenvalue weighted by atomic mass is 35.5. The summed E-state index contributed by atoms with van der Waals surface area (Å²) in [5.41, 5.74) is 6.37. The van der Waals surface area contributed by atoms with Gasteiger partial charge in [0.15, 0.2) is 5.15 Å². The average Bonchev–Trinajstić information content (AvgIpc) is 2.44. The van der Waals surface area contributed by atoms with Crippen LogP contribution in [0.5, 0.6) is 11.6 Å². The molecule has 8 heteroatoms. The van der Waals surface area contributed by atoms with Crippen molar-refractivity contribution in [2.45, 2.75) is 13.3 Å². The van der Waals surface area contributed by atoms with Gasteiger partial charge >= 0.3 is 5.69 Å². The summed E-state index contributed by atoms with van der Waals surface area (Å²) >= 11 is 5.74. The number of aromatic nitrogens is 2. The number of rotatable bonds is 4. The first-order valence-corrected chi connectivity index (χ1v) is 6.11. The van der Waals surface area contributed by atoms with Crippen LogP contribution in [0.25, 0.3) is 0 Å². The topological polar surface area (TPSA) is 104 Å². The third kappa shape index (κ3) is 2.77. The quantitative estimate of drug-likeness (QED) is 0.528. The monoisotopic (exact) mass is 294 g/mol. The van der Waals surface area contributed by atoms with Gasteiger partial charge in [-0.15, -0.1) is 0 Å². The fourth-order valence-corrected chi connectivity index (χ4v) is 1.68. The molecule has 0 aliphatic carbocycles. The van der Waals surface area contributed by atoms with Crippen LogP contribution in [-0.4, -0.2) is 14.9 Å². The maximum Gasteiger partial charge on any atom is 0.311 e. The number of nitrogens with zero attached hydrogens (tertiary/aromatic N) is 3. The van der Waals surface area contributed by atoms with E-state index in [1.807, 2.05) is 6.92 Å². The lowest BCUT2D eigenvalue weighted by Crippen LogP contribution is -2.00. The molecule has 20 heavy (non-hydrogen) atoms. The fraction of sp³-hybridized carbons (Fsp3) is 0.167. The molecule has 0 atom stereocenters. The van der Waals surface area contributed by atoms with Crippen LogP contribution < -0.4 is 10.5 Å². The SMILES string of the molecule is CCc1ccc(Oc2ncnc(Cl)c2N)c([N+](=O)[O-])c1. The van der Waals surface area contributed by atoms with Crippen LogP contribution in [0.2, 0.25) is 5.15 Å². The second-order valence-electron chi connectivity index (χ2n) is 3.90. The lowest BCUT2D eigenvalue weighted by molar-refractivity contribution is -0.385. The molecular weight excluding hydrogens is 284 g/mol. The van der Waals surface area contributed by atoms with Crippen molar-refractivity contribution in [1.29, 1.82) is 0 Å². The number of aryl methyl sites for hydroxylation is 1. The van der Waals surface area contributed by atoms with Crippen LogP contribution in [0.3, 0.4) is 0 Å². The van der Waals surface area contributed by atoms with E-state index in [1.165, 1.54) is 18.5 Å². The summed E-state index contributed by atoms with van der Waals surface area (Å²) in [5, 5.41) is 11.1. The third-order valence-electron chi connectivity index (χ3n) is 2.63. The van der Waals surface area contributed by atoms with E-state index >= 15 is 0 Å². The number of ether oxygens (including phenoxy) is 1. The molecule has 0 unspecified atom stereocenters. The maximum atomic E-state index is 11.1. The summed E-state index contributed by atoms with van der Waals surface area (Å²) in [5.74, 6) is 0.0333. The average molecular weight is 295 g/mol. The minimum absolute atomic E-state index is 0.0163. The Balaban J connectivity index is 2.43. The second-order valence-corrected chi connectivity index (χ2v) is 4.26. The van der Waals surface area contributed by atoms with Crippen molar-refractivity contribution in [1.82, 2.24) is 9.97 Å². The highest BCUT2D eigenvalue weighted by molar-refractivity contribution is 6.32. The molecule has 0 spiro atoms. The number of benzene rings is 1. The molecule has 0 amide bonds. The molecule has 0 aliphatic rings. The predicted molar refractivity (Wildman–Crippen MR) is 74.0 cm³/mol. The van der Waals surface area contributed by atoms with Crippen LogP contribution in [0.4, 0.5) is 11.4 Å². The normalized spacial score (nSPS) is 10.3. The first kappa shape index (κ1) is 14.0. The van der Waals surface area contributed by atoms with Crippen molar-refractivity contribution in [3.8, 4) is 11.6 Å². The molecule has 7 nitrogen and oxygen atoms in total. The number of nitrogen functional groups attached to an aromatic ring is 1. The Morgan fingerprint density at radius 1 is 1.45 bits per heavy atom. The maximum absolute atomic E-state index is 11.1. The van der Waals surface area contributed by atoms with Crippen molar-refractivity contribution >= 4 is 23.0 Å². The molecule has 1 aromatic carbocycles. The number of hydrogen-bond acceptors (Lipinski definition) is 6. The molecular formula is C12H11ClN4O3. The van der Waals surface area contributed by atoms with Gasteiger partial charge in [-0.3, -0.25) is 10.1 Å². The summed E-state index contributed by atoms with van der Waals surface area (Å²) in [6, 6.07) is 4.70. The van der Waals surface area contributed by atoms with Crippen molar-refractivity contribution in [2.24, 2.45) is 0 Å². The number of halogens is 1. The van der Waals surface area contributed by atoms with Gasteiger partial charge in [0.05, 0.1) is 4.92 Å². The van der Waals surface area contributed by atoms with Gasteiger partial charge in [-0.05, 0) is 18.1 Å². The molecule has 0 saturated heterocycles. The molecule has 0 aliphatic heterocycles. The van der Waals surface area contributed by atoms with Gasteiger partial charge in [-0.25, -0.2) is 4.98 Å². The van der Waals surface area contributed by atoms with Crippen LogP contribution >= 0.6 is 11.6 Å². The molecule has 2 aromatic rings. The standard InChI is InChI=1S/C12H11ClN4O3/c1-2-7-3-4-9(8(5-7)17(18)19)20-12-10(14)11(13)15-6-16-12/h3-6H,2,14H2,1H3. The number of nitro benzene ring substituents is 1. The number of nitrogens with two attached hydrogens (primary N) is 1. The molecule has 1 heterocycles. The zero-order chi connectivity index (χ0) is 14.7. The van der Waals surface area contributed by atoms with E-state index in [1.54, 1.807) is 6.07 Å². The van der Waals surface area contributed by atoms with Crippen molar-refractivity contribution in [3.63, 3.8) is 0 Å². The Kier molecular flexibility index (Phi) is 3.99. The largest absolute Gasteiger partial charge is 0.430 e. The first-order valence-electron chi connectivity index (χ1n) is 5.74. The Labute approximate surface area is 119 Å². The number of nitro groups is 1. The molecule has 2 N–H and O–H groups in total. The summed E-state index contributed by atoms with van der Waals surface area (Å²) in [6.45, 7) is 1.90. The Bertz CT molecular complexity index is 663. The van der Waals surface area contributed by atoms with Gasteiger partial charge in [0, 0.05) is 6.07 Å². The molecule has 104 valence electrons. The predicted octanol–water partition coefficient (Wildman–Crippen LogP) is 2.98. The van der Waals surface area contributed by atoms with Crippen molar-refractivity contribution in [2.75, 3.05) is 5.73 Å². The van der Waals surface area contributed by atoms with Crippen LogP contribution in [0.15, 0.2) is 24.5 Å². The molecule has 0 radical (unpaired) electrons. The smallest absolute Gasteiger partial charge is 0.311 e. The summed E-state index contributed by atoms with van der Waals surface area (Å²) < 4.78 is 5.38. The van der Waals surface area contributed by atoms with Gasteiger partial charge in [0.2, 0.25) is 11.6 Å². The molecule has 0 fully saturated rings. The van der Waals surface area contributed by atoms with Crippen molar-refractivity contribution in [3.05, 3.63) is 45.4 Å². The van der Waals surface area contributed by atoms with Gasteiger partial charge in [0.1, 0.15) is 12.0 Å². The highest BCUT2D eigenvalue weighted by Gasteiger charge is 2.18. The fourth-order valence-electron chi connectivity index (χ4n) is 1.56. The minimum atomic E-state index is -0.520. The van der Waals surface area contributed by atoms with E-state index < -0.39 is 4.92 Å². The van der Waals surface area contributed by atoms with Crippen LogP contribution in [0.1, 0.15) is 12.5 Å². The van der Waals surface area contributed by atoms with Gasteiger partial charge in [0.25, 0.3) is 0 Å². The molecule has 2 rings (SSSR count). The minimum Gasteiger partial charge on any atom is -0.430 e. The van der Waals surface area contributed by atoms with Crippen molar-refractivity contribution < 1.29 is 9.66 Å². The van der Waals surface area contributed by atoms with Gasteiger partial charge < -0.3 is 10.5 Å². The van der Waals surface area contributed by atoms with E-state index in [0.29, 0.717) is 6.42 Å². The van der Waals surface area contributed by atoms with E-state index in [9.17, 15) is 10.1 Å². The van der Waals surface area contributed by atoms with Gasteiger partial charge in [-0.1, -0.05) is 24.6 Å². The molecule has 1 aromatic heterocycles. The third-order valence-corrected chi connectivity index (χ3v) is 2.93. The lowest BCUT2D eigenvalue weighted by atomic mass is 10.1.